The minimum atomic E-state index is -0.120. The van der Waals surface area contributed by atoms with Crippen LogP contribution in [0.15, 0.2) is 24.3 Å². The maximum absolute atomic E-state index is 12.1. The summed E-state index contributed by atoms with van der Waals surface area (Å²) in [5, 5.41) is 13.2. The lowest BCUT2D eigenvalue weighted by molar-refractivity contribution is 0.0929. The van der Waals surface area contributed by atoms with Crippen LogP contribution in [0, 0.1) is 17.8 Å². The van der Waals surface area contributed by atoms with Crippen LogP contribution in [0.25, 0.3) is 0 Å². The molecule has 0 spiro atoms. The molecule has 2 aliphatic carbocycles. The molecule has 2 fully saturated rings. The number of rotatable bonds is 3. The number of aliphatic hydroxyl groups is 1. The van der Waals surface area contributed by atoms with E-state index in [4.69, 9.17) is 11.6 Å². The van der Waals surface area contributed by atoms with Crippen molar-refractivity contribution in [2.24, 2.45) is 17.8 Å². The van der Waals surface area contributed by atoms with Gasteiger partial charge in [-0.2, -0.15) is 0 Å². The molecule has 0 aromatic heterocycles. The second kappa shape index (κ2) is 4.80. The van der Waals surface area contributed by atoms with Gasteiger partial charge in [-0.1, -0.05) is 11.6 Å². The van der Waals surface area contributed by atoms with E-state index in [1.54, 1.807) is 24.3 Å². The van der Waals surface area contributed by atoms with E-state index < -0.39 is 0 Å². The monoisotopic (exact) mass is 279 g/mol. The Hall–Kier alpha value is -1.06. The van der Waals surface area contributed by atoms with Gasteiger partial charge in [-0.3, -0.25) is 4.79 Å². The summed E-state index contributed by atoms with van der Waals surface area (Å²) in [6.45, 7) is 2.06. The van der Waals surface area contributed by atoms with Crippen molar-refractivity contribution >= 4 is 17.5 Å². The highest BCUT2D eigenvalue weighted by atomic mass is 35.5. The van der Waals surface area contributed by atoms with Gasteiger partial charge in [0.05, 0.1) is 6.10 Å². The van der Waals surface area contributed by atoms with E-state index in [1.165, 1.54) is 0 Å². The molecule has 19 heavy (non-hydrogen) atoms. The van der Waals surface area contributed by atoms with Crippen LogP contribution in [0.1, 0.15) is 30.1 Å². The molecular weight excluding hydrogens is 262 g/mol. The second-order valence-electron chi connectivity index (χ2n) is 5.80. The van der Waals surface area contributed by atoms with Gasteiger partial charge >= 0.3 is 0 Å². The highest BCUT2D eigenvalue weighted by Gasteiger charge is 2.57. The van der Waals surface area contributed by atoms with Crippen molar-refractivity contribution in [1.82, 2.24) is 5.32 Å². The molecule has 5 atom stereocenters. The van der Waals surface area contributed by atoms with E-state index in [2.05, 4.69) is 12.2 Å². The zero-order chi connectivity index (χ0) is 13.6. The van der Waals surface area contributed by atoms with Crippen LogP contribution in [0.3, 0.4) is 0 Å². The van der Waals surface area contributed by atoms with Gasteiger partial charge in [0.15, 0.2) is 0 Å². The number of carbonyl (C=O) groups is 1. The number of amides is 1. The highest BCUT2D eigenvalue weighted by Crippen LogP contribution is 2.58. The fraction of sp³-hybridized carbons (Fsp3) is 0.533. The van der Waals surface area contributed by atoms with Gasteiger partial charge in [0.1, 0.15) is 0 Å². The van der Waals surface area contributed by atoms with Crippen LogP contribution in [0.4, 0.5) is 0 Å². The number of hydrogen-bond donors (Lipinski definition) is 2. The first kappa shape index (κ1) is 12.9. The molecule has 1 aromatic carbocycles. The van der Waals surface area contributed by atoms with Gasteiger partial charge in [-0.15, -0.1) is 0 Å². The number of hydrogen-bond acceptors (Lipinski definition) is 2. The zero-order valence-electron chi connectivity index (χ0n) is 10.8. The number of aliphatic hydroxyl groups excluding tert-OH is 1. The van der Waals surface area contributed by atoms with Gasteiger partial charge in [-0.25, -0.2) is 0 Å². The highest BCUT2D eigenvalue weighted by molar-refractivity contribution is 6.30. The van der Waals surface area contributed by atoms with Crippen molar-refractivity contribution in [3.8, 4) is 0 Å². The zero-order valence-corrected chi connectivity index (χ0v) is 11.6. The molecular formula is C15H18ClNO2. The Morgan fingerprint density at radius 2 is 1.89 bits per heavy atom. The number of halogens is 1. The average Bonchev–Trinajstić information content (AvgIpc) is 2.88. The summed E-state index contributed by atoms with van der Waals surface area (Å²) < 4.78 is 0. The van der Waals surface area contributed by atoms with Crippen molar-refractivity contribution in [2.75, 3.05) is 0 Å². The van der Waals surface area contributed by atoms with Gasteiger partial charge in [-0.05, 0) is 61.8 Å². The summed E-state index contributed by atoms with van der Waals surface area (Å²) in [5.74, 6) is 1.71. The molecule has 0 heterocycles. The molecule has 0 saturated heterocycles. The van der Waals surface area contributed by atoms with Crippen molar-refractivity contribution < 1.29 is 9.90 Å². The van der Waals surface area contributed by atoms with E-state index in [1.807, 2.05) is 0 Å². The summed E-state index contributed by atoms with van der Waals surface area (Å²) in [7, 11) is 0. The standard InChI is InChI=1S/C15H18ClNO2/c1-8(14-12-6-11(18)7-13(12)14)17-15(19)9-2-4-10(16)5-3-9/h2-5,8,11-14,18H,6-7H2,1H3,(H,17,19)/t8?,11-,12+,13-,14-. The quantitative estimate of drug-likeness (QED) is 0.893. The summed E-state index contributed by atoms with van der Waals surface area (Å²) in [6.07, 6.45) is 1.68. The SMILES string of the molecule is CC(NC(=O)c1ccc(Cl)cc1)[C@H]1[C@@H]2C[C@H](O)C[C@@H]21. The topological polar surface area (TPSA) is 49.3 Å². The lowest BCUT2D eigenvalue weighted by atomic mass is 10.0. The molecule has 2 aliphatic rings. The Balaban J connectivity index is 1.57. The van der Waals surface area contributed by atoms with Crippen molar-refractivity contribution in [2.45, 2.75) is 31.9 Å². The predicted molar refractivity (Wildman–Crippen MR) is 74.1 cm³/mol. The van der Waals surface area contributed by atoms with Crippen LogP contribution in [-0.2, 0) is 0 Å². The third-order valence-corrected chi connectivity index (χ3v) is 4.78. The molecule has 2 N–H and O–H groups in total. The van der Waals surface area contributed by atoms with Crippen LogP contribution in [0.5, 0.6) is 0 Å². The first-order valence-electron chi connectivity index (χ1n) is 6.81. The Labute approximate surface area is 118 Å². The fourth-order valence-corrected chi connectivity index (χ4v) is 3.72. The van der Waals surface area contributed by atoms with Crippen molar-refractivity contribution in [1.29, 1.82) is 0 Å². The lowest BCUT2D eigenvalue weighted by Gasteiger charge is -2.17. The molecule has 102 valence electrons. The van der Waals surface area contributed by atoms with E-state index in [0.717, 1.165) is 12.8 Å². The summed E-state index contributed by atoms with van der Waals surface area (Å²) in [5.41, 5.74) is 0.641. The van der Waals surface area contributed by atoms with Crippen molar-refractivity contribution in [3.05, 3.63) is 34.9 Å². The summed E-state index contributed by atoms with van der Waals surface area (Å²) >= 11 is 5.81. The number of nitrogens with one attached hydrogen (secondary N) is 1. The predicted octanol–water partition coefficient (Wildman–Crippen LogP) is 2.48. The van der Waals surface area contributed by atoms with E-state index in [-0.39, 0.29) is 18.1 Å². The summed E-state index contributed by atoms with van der Waals surface area (Å²) in [6, 6.07) is 7.10. The third kappa shape index (κ3) is 2.49. The number of carbonyl (C=O) groups excluding carboxylic acids is 1. The third-order valence-electron chi connectivity index (χ3n) is 4.53. The van der Waals surface area contributed by atoms with E-state index in [9.17, 15) is 9.90 Å². The largest absolute Gasteiger partial charge is 0.393 e. The van der Waals surface area contributed by atoms with Gasteiger partial charge < -0.3 is 10.4 Å². The minimum absolute atomic E-state index is 0.0466. The average molecular weight is 280 g/mol. The molecule has 3 rings (SSSR count). The molecule has 0 aliphatic heterocycles. The molecule has 2 saturated carbocycles. The normalized spacial score (nSPS) is 33.6. The van der Waals surface area contributed by atoms with E-state index in [0.29, 0.717) is 28.3 Å². The second-order valence-corrected chi connectivity index (χ2v) is 6.24. The van der Waals surface area contributed by atoms with E-state index >= 15 is 0 Å². The molecule has 0 bridgehead atoms. The Morgan fingerprint density at radius 3 is 2.47 bits per heavy atom. The summed E-state index contributed by atoms with van der Waals surface area (Å²) in [4.78, 5) is 12.1. The van der Waals surface area contributed by atoms with Gasteiger partial charge in [0.25, 0.3) is 5.91 Å². The van der Waals surface area contributed by atoms with Crippen LogP contribution < -0.4 is 5.32 Å². The maximum atomic E-state index is 12.1. The van der Waals surface area contributed by atoms with Crippen LogP contribution >= 0.6 is 11.6 Å². The molecule has 1 amide bonds. The van der Waals surface area contributed by atoms with Crippen LogP contribution in [-0.4, -0.2) is 23.2 Å². The molecule has 1 aromatic rings. The minimum Gasteiger partial charge on any atom is -0.393 e. The lowest BCUT2D eigenvalue weighted by Crippen LogP contribution is -2.35. The van der Waals surface area contributed by atoms with Gasteiger partial charge in [0, 0.05) is 16.6 Å². The molecule has 0 radical (unpaired) electrons. The molecule has 3 nitrogen and oxygen atoms in total. The Kier molecular flexibility index (Phi) is 3.27. The Bertz CT molecular complexity index is 475. The number of fused-ring (bicyclic) bond motifs is 1. The molecule has 4 heteroatoms. The van der Waals surface area contributed by atoms with Crippen LogP contribution in [0.2, 0.25) is 5.02 Å². The Morgan fingerprint density at radius 1 is 1.32 bits per heavy atom. The smallest absolute Gasteiger partial charge is 0.251 e. The van der Waals surface area contributed by atoms with Gasteiger partial charge in [0.2, 0.25) is 0 Å². The fourth-order valence-electron chi connectivity index (χ4n) is 3.59. The first-order valence-corrected chi connectivity index (χ1v) is 7.18. The number of benzene rings is 1. The molecule has 1 unspecified atom stereocenters. The van der Waals surface area contributed by atoms with Crippen molar-refractivity contribution in [3.63, 3.8) is 0 Å². The maximum Gasteiger partial charge on any atom is 0.251 e. The first-order chi connectivity index (χ1) is 9.06.